The van der Waals surface area contributed by atoms with Crippen LogP contribution in [0.15, 0.2) is 24.3 Å². The number of methoxy groups -OCH3 is 1. The lowest BCUT2D eigenvalue weighted by Gasteiger charge is -2.28. The molecule has 2 aliphatic heterocycles. The third kappa shape index (κ3) is 2.15. The number of hydrogen-bond donors (Lipinski definition) is 1. The first-order valence-electron chi connectivity index (χ1n) is 7.82. The van der Waals surface area contributed by atoms with Gasteiger partial charge in [0.05, 0.1) is 18.9 Å². The zero-order valence-electron chi connectivity index (χ0n) is 13.7. The number of esters is 1. The van der Waals surface area contributed by atoms with Gasteiger partial charge >= 0.3 is 5.97 Å². The fourth-order valence-electron chi connectivity index (χ4n) is 3.90. The van der Waals surface area contributed by atoms with Crippen molar-refractivity contribution in [2.24, 2.45) is 11.8 Å². The van der Waals surface area contributed by atoms with E-state index in [4.69, 9.17) is 4.74 Å². The number of amides is 2. The van der Waals surface area contributed by atoms with Crippen LogP contribution in [0.2, 0.25) is 0 Å². The summed E-state index contributed by atoms with van der Waals surface area (Å²) in [5, 5.41) is 3.06. The summed E-state index contributed by atoms with van der Waals surface area (Å²) >= 11 is 0. The van der Waals surface area contributed by atoms with Gasteiger partial charge in [0.2, 0.25) is 11.8 Å². The number of likely N-dealkylation sites (tertiary alicyclic amines) is 1. The van der Waals surface area contributed by atoms with Gasteiger partial charge in [0, 0.05) is 12.6 Å². The molecule has 0 aliphatic carbocycles. The maximum absolute atomic E-state index is 13.6. The molecule has 6 nitrogen and oxygen atoms in total. The first-order valence-corrected chi connectivity index (χ1v) is 7.82. The molecule has 2 fully saturated rings. The van der Waals surface area contributed by atoms with E-state index < -0.39 is 41.1 Å². The van der Waals surface area contributed by atoms with Gasteiger partial charge in [0.15, 0.2) is 0 Å². The second kappa shape index (κ2) is 5.66. The number of hydrogen-bond acceptors (Lipinski definition) is 5. The molecule has 0 aromatic heterocycles. The van der Waals surface area contributed by atoms with Crippen LogP contribution in [0.3, 0.4) is 0 Å². The molecule has 2 heterocycles. The maximum Gasteiger partial charge on any atom is 0.326 e. The lowest BCUT2D eigenvalue weighted by Crippen LogP contribution is -2.53. The van der Waals surface area contributed by atoms with Gasteiger partial charge in [0.25, 0.3) is 0 Å². The lowest BCUT2D eigenvalue weighted by molar-refractivity contribution is -0.153. The summed E-state index contributed by atoms with van der Waals surface area (Å²) in [7, 11) is 1.23. The Labute approximate surface area is 139 Å². The molecule has 0 bridgehead atoms. The quantitative estimate of drug-likeness (QED) is 0.660. The number of benzene rings is 1. The molecule has 3 rings (SSSR count). The molecular weight excluding hydrogens is 315 g/mol. The zero-order valence-corrected chi connectivity index (χ0v) is 13.7. The predicted octanol–water partition coefficient (Wildman–Crippen LogP) is 1.02. The molecule has 2 saturated heterocycles. The number of nitrogens with zero attached hydrogens (tertiary/aromatic N) is 1. The number of halogens is 1. The van der Waals surface area contributed by atoms with E-state index in [1.807, 2.05) is 0 Å². The highest BCUT2D eigenvalue weighted by atomic mass is 19.1. The maximum atomic E-state index is 13.6. The topological polar surface area (TPSA) is 75.7 Å². The number of ether oxygens (including phenoxy) is 1. The van der Waals surface area contributed by atoms with Crippen molar-refractivity contribution in [2.75, 3.05) is 13.7 Å². The molecule has 4 atom stereocenters. The van der Waals surface area contributed by atoms with Crippen LogP contribution in [0.5, 0.6) is 0 Å². The first kappa shape index (κ1) is 16.6. The van der Waals surface area contributed by atoms with E-state index in [0.29, 0.717) is 5.56 Å². The van der Waals surface area contributed by atoms with E-state index in [1.54, 1.807) is 19.9 Å². The summed E-state index contributed by atoms with van der Waals surface area (Å²) in [5.41, 5.74) is -0.815. The van der Waals surface area contributed by atoms with E-state index in [1.165, 1.54) is 25.3 Å². The number of imide groups is 1. The predicted molar refractivity (Wildman–Crippen MR) is 82.1 cm³/mol. The molecule has 0 saturated carbocycles. The van der Waals surface area contributed by atoms with Gasteiger partial charge in [-0.1, -0.05) is 12.1 Å². The lowest BCUT2D eigenvalue weighted by atomic mass is 9.80. The van der Waals surface area contributed by atoms with Crippen molar-refractivity contribution in [1.29, 1.82) is 0 Å². The van der Waals surface area contributed by atoms with Gasteiger partial charge < -0.3 is 4.74 Å². The minimum Gasteiger partial charge on any atom is -0.468 e. The summed E-state index contributed by atoms with van der Waals surface area (Å²) in [5.74, 6) is -3.43. The molecule has 1 N–H and O–H groups in total. The SMILES string of the molecule is CCN1C(=O)[C@H]2[C@@H](C1=O)[C@](C)(C(=O)OC)N[C@H]2c1cccc(F)c1. The van der Waals surface area contributed by atoms with E-state index in [0.717, 1.165) is 4.90 Å². The highest BCUT2D eigenvalue weighted by Gasteiger charge is 2.66. The minimum atomic E-state index is -1.34. The summed E-state index contributed by atoms with van der Waals surface area (Å²) in [6, 6.07) is 5.18. The van der Waals surface area contributed by atoms with Crippen molar-refractivity contribution < 1.29 is 23.5 Å². The minimum absolute atomic E-state index is 0.234. The summed E-state index contributed by atoms with van der Waals surface area (Å²) in [4.78, 5) is 38.9. The van der Waals surface area contributed by atoms with Gasteiger partial charge in [-0.3, -0.25) is 24.6 Å². The fraction of sp³-hybridized carbons (Fsp3) is 0.471. The monoisotopic (exact) mass is 334 g/mol. The number of carbonyl (C=O) groups excluding carboxylic acids is 3. The number of nitrogens with one attached hydrogen (secondary N) is 1. The van der Waals surface area contributed by atoms with Crippen molar-refractivity contribution in [3.8, 4) is 0 Å². The Morgan fingerprint density at radius 2 is 2.08 bits per heavy atom. The molecule has 2 amide bonds. The van der Waals surface area contributed by atoms with Crippen LogP contribution >= 0.6 is 0 Å². The molecule has 24 heavy (non-hydrogen) atoms. The Balaban J connectivity index is 2.11. The smallest absolute Gasteiger partial charge is 0.326 e. The third-order valence-electron chi connectivity index (χ3n) is 5.01. The number of rotatable bonds is 3. The normalized spacial score (nSPS) is 32.2. The van der Waals surface area contributed by atoms with Crippen LogP contribution in [-0.4, -0.2) is 41.9 Å². The molecule has 7 heteroatoms. The molecule has 2 aliphatic rings. The van der Waals surface area contributed by atoms with E-state index in [2.05, 4.69) is 5.32 Å². The first-order chi connectivity index (χ1) is 11.3. The second-order valence-electron chi connectivity index (χ2n) is 6.30. The third-order valence-corrected chi connectivity index (χ3v) is 5.01. The molecule has 1 aromatic rings. The molecule has 0 spiro atoms. The molecule has 0 unspecified atom stereocenters. The Kier molecular flexibility index (Phi) is 3.91. The van der Waals surface area contributed by atoms with Crippen molar-refractivity contribution in [2.45, 2.75) is 25.4 Å². The number of carbonyl (C=O) groups is 3. The average molecular weight is 334 g/mol. The van der Waals surface area contributed by atoms with Crippen molar-refractivity contribution in [3.63, 3.8) is 0 Å². The van der Waals surface area contributed by atoms with Gasteiger partial charge in [-0.15, -0.1) is 0 Å². The largest absolute Gasteiger partial charge is 0.468 e. The number of fused-ring (bicyclic) bond motifs is 1. The highest BCUT2D eigenvalue weighted by Crippen LogP contribution is 2.48. The molecule has 128 valence electrons. The van der Waals surface area contributed by atoms with Crippen LogP contribution in [0, 0.1) is 17.7 Å². The fourth-order valence-corrected chi connectivity index (χ4v) is 3.90. The highest BCUT2D eigenvalue weighted by molar-refractivity contribution is 6.09. The van der Waals surface area contributed by atoms with E-state index >= 15 is 0 Å². The standard InChI is InChI=1S/C17H19FN2O4/c1-4-20-14(21)11-12(15(20)22)17(2,16(23)24-3)19-13(11)9-6-5-7-10(18)8-9/h5-8,11-13,19H,4H2,1-3H3/t11-,12-,13-,17+/m0/s1. The Hall–Kier alpha value is -2.28. The van der Waals surface area contributed by atoms with Crippen LogP contribution in [0.1, 0.15) is 25.5 Å². The van der Waals surface area contributed by atoms with Crippen LogP contribution in [0.4, 0.5) is 4.39 Å². The molecular formula is C17H19FN2O4. The van der Waals surface area contributed by atoms with E-state index in [9.17, 15) is 18.8 Å². The second-order valence-corrected chi connectivity index (χ2v) is 6.30. The van der Waals surface area contributed by atoms with Crippen LogP contribution in [0.25, 0.3) is 0 Å². The Morgan fingerprint density at radius 3 is 2.67 bits per heavy atom. The van der Waals surface area contributed by atoms with Crippen LogP contribution in [-0.2, 0) is 19.1 Å². The summed E-state index contributed by atoms with van der Waals surface area (Å²) in [6.07, 6.45) is 0. The van der Waals surface area contributed by atoms with Gasteiger partial charge in [-0.25, -0.2) is 4.39 Å². The molecule has 1 aromatic carbocycles. The zero-order chi connectivity index (χ0) is 17.6. The van der Waals surface area contributed by atoms with Crippen molar-refractivity contribution in [3.05, 3.63) is 35.6 Å². The average Bonchev–Trinajstić information content (AvgIpc) is 3.01. The van der Waals surface area contributed by atoms with Gasteiger partial charge in [-0.05, 0) is 31.5 Å². The van der Waals surface area contributed by atoms with Crippen LogP contribution < -0.4 is 5.32 Å². The van der Waals surface area contributed by atoms with Crippen molar-refractivity contribution in [1.82, 2.24) is 10.2 Å². The van der Waals surface area contributed by atoms with Gasteiger partial charge in [0.1, 0.15) is 11.4 Å². The van der Waals surface area contributed by atoms with Crippen molar-refractivity contribution >= 4 is 17.8 Å². The Bertz CT molecular complexity index is 722. The molecule has 0 radical (unpaired) electrons. The van der Waals surface area contributed by atoms with E-state index in [-0.39, 0.29) is 12.5 Å². The Morgan fingerprint density at radius 1 is 1.38 bits per heavy atom. The summed E-state index contributed by atoms with van der Waals surface area (Å²) in [6.45, 7) is 3.49. The summed E-state index contributed by atoms with van der Waals surface area (Å²) < 4.78 is 18.5. The van der Waals surface area contributed by atoms with Gasteiger partial charge in [-0.2, -0.15) is 0 Å².